The first-order valence-corrected chi connectivity index (χ1v) is 7.40. The second-order valence-corrected chi connectivity index (χ2v) is 4.93. The van der Waals surface area contributed by atoms with Crippen molar-refractivity contribution in [1.82, 2.24) is 16.2 Å². The van der Waals surface area contributed by atoms with Gasteiger partial charge >= 0.3 is 0 Å². The molecule has 0 spiro atoms. The van der Waals surface area contributed by atoms with E-state index in [0.717, 1.165) is 17.3 Å². The molecule has 5 nitrogen and oxygen atoms in total. The van der Waals surface area contributed by atoms with Crippen LogP contribution in [0.5, 0.6) is 0 Å². The lowest BCUT2D eigenvalue weighted by molar-refractivity contribution is -0.120. The fraction of sp³-hybridized carbons (Fsp3) is 0.111. The Morgan fingerprint density at radius 2 is 1.71 bits per heavy atom. The largest absolute Gasteiger partial charge is 0.343 e. The predicted octanol–water partition coefficient (Wildman–Crippen LogP) is 2.24. The Hall–Kier alpha value is -3.15. The number of allylic oxidation sites excluding steroid dienone is 1. The van der Waals surface area contributed by atoms with Crippen molar-refractivity contribution in [2.45, 2.75) is 6.92 Å². The summed E-state index contributed by atoms with van der Waals surface area (Å²) in [5.74, 6) is -1.44. The van der Waals surface area contributed by atoms with Gasteiger partial charge < -0.3 is 5.32 Å². The van der Waals surface area contributed by atoms with Gasteiger partial charge in [-0.2, -0.15) is 0 Å². The molecule has 0 aromatic heterocycles. The molecule has 124 valence electrons. The van der Waals surface area contributed by atoms with Crippen molar-refractivity contribution in [2.75, 3.05) is 6.54 Å². The predicted molar refractivity (Wildman–Crippen MR) is 90.1 cm³/mol. The summed E-state index contributed by atoms with van der Waals surface area (Å²) in [7, 11) is 0. The molecule has 0 atom stereocenters. The van der Waals surface area contributed by atoms with Crippen molar-refractivity contribution in [3.05, 3.63) is 77.6 Å². The first kappa shape index (κ1) is 17.2. The summed E-state index contributed by atoms with van der Waals surface area (Å²) < 4.78 is 13.1. The molecule has 0 aliphatic carbocycles. The molecule has 0 radical (unpaired) electrons. The summed E-state index contributed by atoms with van der Waals surface area (Å²) in [6.07, 6.45) is 1.82. The lowest BCUT2D eigenvalue weighted by atomic mass is 10.1. The number of benzene rings is 2. The van der Waals surface area contributed by atoms with Gasteiger partial charge in [-0.1, -0.05) is 42.5 Å². The van der Waals surface area contributed by atoms with Crippen molar-refractivity contribution < 1.29 is 14.0 Å². The van der Waals surface area contributed by atoms with Crippen LogP contribution in [0.2, 0.25) is 0 Å². The second-order valence-electron chi connectivity index (χ2n) is 4.93. The van der Waals surface area contributed by atoms with Gasteiger partial charge in [-0.25, -0.2) is 4.39 Å². The molecule has 0 aliphatic rings. The van der Waals surface area contributed by atoms with Gasteiger partial charge in [0.25, 0.3) is 11.8 Å². The fourth-order valence-corrected chi connectivity index (χ4v) is 2.00. The Morgan fingerprint density at radius 3 is 2.38 bits per heavy atom. The lowest BCUT2D eigenvalue weighted by Gasteiger charge is -2.12. The highest BCUT2D eigenvalue weighted by atomic mass is 19.1. The van der Waals surface area contributed by atoms with E-state index >= 15 is 0 Å². The molecule has 0 saturated heterocycles. The van der Waals surface area contributed by atoms with Crippen LogP contribution >= 0.6 is 0 Å². The number of hydrogen-bond donors (Lipinski definition) is 3. The summed E-state index contributed by atoms with van der Waals surface area (Å²) in [4.78, 5) is 23.6. The molecule has 0 saturated carbocycles. The average Bonchev–Trinajstić information content (AvgIpc) is 2.61. The van der Waals surface area contributed by atoms with Crippen molar-refractivity contribution in [3.8, 4) is 0 Å². The van der Waals surface area contributed by atoms with Gasteiger partial charge in [0.2, 0.25) is 0 Å². The zero-order valence-electron chi connectivity index (χ0n) is 13.2. The Kier molecular flexibility index (Phi) is 6.08. The highest BCUT2D eigenvalue weighted by molar-refractivity contribution is 5.96. The van der Waals surface area contributed by atoms with E-state index in [1.165, 1.54) is 18.2 Å². The first-order chi connectivity index (χ1) is 11.6. The third-order valence-corrected chi connectivity index (χ3v) is 3.21. The number of amides is 2. The number of halogens is 1. The van der Waals surface area contributed by atoms with Gasteiger partial charge in [0.15, 0.2) is 0 Å². The lowest BCUT2D eigenvalue weighted by Crippen LogP contribution is -2.43. The molecule has 0 aliphatic heterocycles. The van der Waals surface area contributed by atoms with Crippen molar-refractivity contribution in [2.24, 2.45) is 0 Å². The zero-order chi connectivity index (χ0) is 17.4. The van der Waals surface area contributed by atoms with E-state index < -0.39 is 17.6 Å². The third kappa shape index (κ3) is 4.95. The van der Waals surface area contributed by atoms with Crippen LogP contribution in [-0.4, -0.2) is 18.4 Å². The first-order valence-electron chi connectivity index (χ1n) is 7.40. The molecule has 2 amide bonds. The fourth-order valence-electron chi connectivity index (χ4n) is 2.00. The van der Waals surface area contributed by atoms with Crippen LogP contribution in [0.3, 0.4) is 0 Å². The average molecular weight is 327 g/mol. The smallest absolute Gasteiger partial charge is 0.257 e. The van der Waals surface area contributed by atoms with E-state index in [2.05, 4.69) is 16.2 Å². The molecule has 2 aromatic rings. The maximum atomic E-state index is 13.1. The molecule has 24 heavy (non-hydrogen) atoms. The van der Waals surface area contributed by atoms with Crippen LogP contribution in [0.4, 0.5) is 4.39 Å². The summed E-state index contributed by atoms with van der Waals surface area (Å²) in [6.45, 7) is 1.61. The van der Waals surface area contributed by atoms with E-state index in [1.54, 1.807) is 0 Å². The summed E-state index contributed by atoms with van der Waals surface area (Å²) in [5, 5.41) is 2.43. The summed E-state index contributed by atoms with van der Waals surface area (Å²) in [6, 6.07) is 14.8. The van der Waals surface area contributed by atoms with E-state index in [4.69, 9.17) is 0 Å². The van der Waals surface area contributed by atoms with Gasteiger partial charge in [0, 0.05) is 5.56 Å². The standard InChI is InChI=1S/C18H18FN3O2/c1-2-16(13-7-4-3-5-8-13)21-22-17(23)12-20-18(24)14-9-6-10-15(19)11-14/h2-11,21H,12H2,1H3,(H,20,24)(H,22,23). The summed E-state index contributed by atoms with van der Waals surface area (Å²) >= 11 is 0. The van der Waals surface area contributed by atoms with Crippen LogP contribution in [0.1, 0.15) is 22.8 Å². The molecule has 0 heterocycles. The second kappa shape index (κ2) is 8.47. The maximum Gasteiger partial charge on any atom is 0.257 e. The van der Waals surface area contributed by atoms with E-state index in [0.29, 0.717) is 0 Å². The maximum absolute atomic E-state index is 13.1. The molecule has 0 bridgehead atoms. The topological polar surface area (TPSA) is 70.2 Å². The number of hydrogen-bond acceptors (Lipinski definition) is 3. The quantitative estimate of drug-likeness (QED) is 0.713. The third-order valence-electron chi connectivity index (χ3n) is 3.21. The van der Waals surface area contributed by atoms with Crippen molar-refractivity contribution >= 4 is 17.5 Å². The van der Waals surface area contributed by atoms with Gasteiger partial charge in [-0.15, -0.1) is 0 Å². The molecular formula is C18H18FN3O2. The number of nitrogens with one attached hydrogen (secondary N) is 3. The molecule has 2 aromatic carbocycles. The Balaban J connectivity index is 1.82. The highest BCUT2D eigenvalue weighted by Crippen LogP contribution is 2.09. The van der Waals surface area contributed by atoms with Crippen molar-refractivity contribution in [3.63, 3.8) is 0 Å². The van der Waals surface area contributed by atoms with Crippen LogP contribution < -0.4 is 16.2 Å². The minimum absolute atomic E-state index is 0.161. The van der Waals surface area contributed by atoms with E-state index in [1.807, 2.05) is 43.3 Å². The minimum Gasteiger partial charge on any atom is -0.343 e. The van der Waals surface area contributed by atoms with Crippen molar-refractivity contribution in [1.29, 1.82) is 0 Å². The van der Waals surface area contributed by atoms with Gasteiger partial charge in [0.1, 0.15) is 5.82 Å². The molecule has 2 rings (SSSR count). The van der Waals surface area contributed by atoms with Crippen LogP contribution in [0, 0.1) is 5.82 Å². The normalized spacial score (nSPS) is 10.8. The Morgan fingerprint density at radius 1 is 1.00 bits per heavy atom. The molecule has 0 fully saturated rings. The SMILES string of the molecule is CC=C(NNC(=O)CNC(=O)c1cccc(F)c1)c1ccccc1. The number of rotatable bonds is 6. The number of carbonyl (C=O) groups excluding carboxylic acids is 2. The number of hydrazine groups is 1. The summed E-state index contributed by atoms with van der Waals surface area (Å²) in [5.41, 5.74) is 7.13. The van der Waals surface area contributed by atoms with Gasteiger partial charge in [0.05, 0.1) is 12.2 Å². The Bertz CT molecular complexity index is 745. The highest BCUT2D eigenvalue weighted by Gasteiger charge is 2.09. The van der Waals surface area contributed by atoms with Gasteiger partial charge in [-0.05, 0) is 30.7 Å². The van der Waals surface area contributed by atoms with Crippen LogP contribution in [0.15, 0.2) is 60.7 Å². The molecule has 0 unspecified atom stereocenters. The van der Waals surface area contributed by atoms with E-state index in [9.17, 15) is 14.0 Å². The Labute approximate surface area is 139 Å². The molecule has 6 heteroatoms. The van der Waals surface area contributed by atoms with Crippen LogP contribution in [0.25, 0.3) is 5.70 Å². The minimum atomic E-state index is -0.515. The zero-order valence-corrected chi connectivity index (χ0v) is 13.2. The monoisotopic (exact) mass is 327 g/mol. The molecular weight excluding hydrogens is 309 g/mol. The van der Waals surface area contributed by atoms with E-state index in [-0.39, 0.29) is 12.1 Å². The molecule has 3 N–H and O–H groups in total. The van der Waals surface area contributed by atoms with Crippen LogP contribution in [-0.2, 0) is 4.79 Å². The number of carbonyl (C=O) groups is 2. The van der Waals surface area contributed by atoms with Gasteiger partial charge in [-0.3, -0.25) is 20.4 Å².